The molecule has 1 aromatic carbocycles. The molecule has 0 spiro atoms. The van der Waals surface area contributed by atoms with Gasteiger partial charge in [-0.15, -0.1) is 10.2 Å². The molecule has 0 fully saturated rings. The maximum atomic E-state index is 6.06. The van der Waals surface area contributed by atoms with E-state index in [4.69, 9.17) is 23.2 Å². The lowest BCUT2D eigenvalue weighted by Crippen LogP contribution is -2.14. The van der Waals surface area contributed by atoms with Gasteiger partial charge in [-0.05, 0) is 37.3 Å². The van der Waals surface area contributed by atoms with Crippen LogP contribution in [0.5, 0.6) is 0 Å². The summed E-state index contributed by atoms with van der Waals surface area (Å²) in [6.07, 6.45) is 0. The number of rotatable bonds is 4. The van der Waals surface area contributed by atoms with Crippen molar-refractivity contribution in [3.8, 4) is 0 Å². The normalized spacial score (nSPS) is 11.4. The van der Waals surface area contributed by atoms with E-state index in [0.29, 0.717) is 16.0 Å². The van der Waals surface area contributed by atoms with Crippen LogP contribution in [0.4, 0.5) is 11.5 Å². The van der Waals surface area contributed by atoms with Gasteiger partial charge in [0, 0.05) is 30.4 Å². The Balaban J connectivity index is 2.32. The standard InChI is InChI=1S/C14H15Cl2N5/c1-9(11-8-10(15)4-5-12(11)17-2)20-21(3)14-7-6-13(16)18-19-14/h4-8,17H,1-3H3/b20-9+. The van der Waals surface area contributed by atoms with Gasteiger partial charge in [0.2, 0.25) is 0 Å². The predicted molar refractivity (Wildman–Crippen MR) is 88.7 cm³/mol. The van der Waals surface area contributed by atoms with Gasteiger partial charge in [0.1, 0.15) is 0 Å². The van der Waals surface area contributed by atoms with Crippen molar-refractivity contribution in [2.24, 2.45) is 5.10 Å². The number of nitrogens with one attached hydrogen (secondary N) is 1. The van der Waals surface area contributed by atoms with E-state index in [-0.39, 0.29) is 0 Å². The van der Waals surface area contributed by atoms with E-state index in [2.05, 4.69) is 20.6 Å². The first-order chi connectivity index (χ1) is 10.0. The van der Waals surface area contributed by atoms with Crippen molar-refractivity contribution in [2.75, 3.05) is 24.4 Å². The summed E-state index contributed by atoms with van der Waals surface area (Å²) in [5, 5.41) is 18.0. The summed E-state index contributed by atoms with van der Waals surface area (Å²) in [5.74, 6) is 0.604. The molecular formula is C14H15Cl2N5. The molecule has 1 N–H and O–H groups in total. The minimum atomic E-state index is 0.347. The minimum absolute atomic E-state index is 0.347. The topological polar surface area (TPSA) is 53.4 Å². The van der Waals surface area contributed by atoms with E-state index in [1.807, 2.05) is 32.2 Å². The predicted octanol–water partition coefficient (Wildman–Crippen LogP) is 3.69. The molecule has 0 aliphatic rings. The third kappa shape index (κ3) is 3.83. The zero-order valence-corrected chi connectivity index (χ0v) is 13.4. The lowest BCUT2D eigenvalue weighted by atomic mass is 10.1. The summed E-state index contributed by atoms with van der Waals surface area (Å²) >= 11 is 11.8. The molecule has 1 aromatic heterocycles. The van der Waals surface area contributed by atoms with Crippen molar-refractivity contribution in [3.63, 3.8) is 0 Å². The Morgan fingerprint density at radius 1 is 1.19 bits per heavy atom. The molecule has 0 amide bonds. The fraction of sp³-hybridized carbons (Fsp3) is 0.214. The Labute approximate surface area is 133 Å². The third-order valence-corrected chi connectivity index (χ3v) is 3.33. The number of hydrogen-bond donors (Lipinski definition) is 1. The largest absolute Gasteiger partial charge is 0.388 e. The van der Waals surface area contributed by atoms with Crippen molar-refractivity contribution in [1.82, 2.24) is 10.2 Å². The highest BCUT2D eigenvalue weighted by Crippen LogP contribution is 2.22. The highest BCUT2D eigenvalue weighted by Gasteiger charge is 2.08. The van der Waals surface area contributed by atoms with Gasteiger partial charge in [-0.2, -0.15) is 5.10 Å². The van der Waals surface area contributed by atoms with Gasteiger partial charge in [-0.1, -0.05) is 23.2 Å². The van der Waals surface area contributed by atoms with Crippen LogP contribution in [0.1, 0.15) is 12.5 Å². The molecule has 0 bridgehead atoms. The first kappa shape index (κ1) is 15.5. The SMILES string of the molecule is CNc1ccc(Cl)cc1/C(C)=N/N(C)c1ccc(Cl)nn1. The van der Waals surface area contributed by atoms with Crippen LogP contribution in [-0.2, 0) is 0 Å². The molecule has 7 heteroatoms. The van der Waals surface area contributed by atoms with Crippen LogP contribution in [0.2, 0.25) is 10.2 Å². The molecular weight excluding hydrogens is 309 g/mol. The fourth-order valence-corrected chi connectivity index (χ4v) is 2.12. The molecule has 5 nitrogen and oxygen atoms in total. The van der Waals surface area contributed by atoms with E-state index >= 15 is 0 Å². The molecule has 0 radical (unpaired) electrons. The van der Waals surface area contributed by atoms with Crippen LogP contribution < -0.4 is 10.3 Å². The van der Waals surface area contributed by atoms with Crippen LogP contribution >= 0.6 is 23.2 Å². The number of hydrogen-bond acceptors (Lipinski definition) is 5. The number of anilines is 2. The maximum absolute atomic E-state index is 6.06. The van der Waals surface area contributed by atoms with Crippen LogP contribution in [0.25, 0.3) is 0 Å². The van der Waals surface area contributed by atoms with Crippen molar-refractivity contribution >= 4 is 40.4 Å². The first-order valence-electron chi connectivity index (χ1n) is 6.27. The van der Waals surface area contributed by atoms with E-state index < -0.39 is 0 Å². The molecule has 0 aliphatic carbocycles. The zero-order chi connectivity index (χ0) is 15.4. The molecule has 2 aromatic rings. The van der Waals surface area contributed by atoms with Gasteiger partial charge >= 0.3 is 0 Å². The van der Waals surface area contributed by atoms with Crippen LogP contribution in [0, 0.1) is 0 Å². The molecule has 0 aliphatic heterocycles. The van der Waals surface area contributed by atoms with Gasteiger partial charge in [0.05, 0.1) is 5.71 Å². The monoisotopic (exact) mass is 323 g/mol. The molecule has 110 valence electrons. The zero-order valence-electron chi connectivity index (χ0n) is 11.9. The van der Waals surface area contributed by atoms with Crippen molar-refractivity contribution in [2.45, 2.75) is 6.92 Å². The number of nitrogens with zero attached hydrogens (tertiary/aromatic N) is 4. The van der Waals surface area contributed by atoms with E-state index in [9.17, 15) is 0 Å². The smallest absolute Gasteiger partial charge is 0.171 e. The molecule has 0 unspecified atom stereocenters. The van der Waals surface area contributed by atoms with Gasteiger partial charge in [0.15, 0.2) is 11.0 Å². The molecule has 0 saturated carbocycles. The molecule has 2 rings (SSSR count). The van der Waals surface area contributed by atoms with E-state index in [1.165, 1.54) is 0 Å². The highest BCUT2D eigenvalue weighted by molar-refractivity contribution is 6.31. The Hall–Kier alpha value is -1.85. The highest BCUT2D eigenvalue weighted by atomic mass is 35.5. The van der Waals surface area contributed by atoms with E-state index in [0.717, 1.165) is 17.0 Å². The van der Waals surface area contributed by atoms with Gasteiger partial charge in [-0.25, -0.2) is 5.01 Å². The van der Waals surface area contributed by atoms with Gasteiger partial charge in [0.25, 0.3) is 0 Å². The Bertz CT molecular complexity index is 655. The summed E-state index contributed by atoms with van der Waals surface area (Å²) in [6, 6.07) is 9.04. The number of aromatic nitrogens is 2. The molecule has 0 atom stereocenters. The quantitative estimate of drug-likeness (QED) is 0.688. The maximum Gasteiger partial charge on any atom is 0.171 e. The average molecular weight is 324 g/mol. The van der Waals surface area contributed by atoms with Crippen molar-refractivity contribution in [1.29, 1.82) is 0 Å². The molecule has 1 heterocycles. The van der Waals surface area contributed by atoms with Crippen molar-refractivity contribution < 1.29 is 0 Å². The summed E-state index contributed by atoms with van der Waals surface area (Å²) < 4.78 is 0. The van der Waals surface area contributed by atoms with Crippen molar-refractivity contribution in [3.05, 3.63) is 46.1 Å². The van der Waals surface area contributed by atoms with Gasteiger partial charge in [-0.3, -0.25) is 0 Å². The molecule has 0 saturated heterocycles. The second kappa shape index (κ2) is 6.74. The van der Waals surface area contributed by atoms with Crippen LogP contribution in [0.3, 0.4) is 0 Å². The second-order valence-electron chi connectivity index (χ2n) is 4.36. The summed E-state index contributed by atoms with van der Waals surface area (Å²) in [4.78, 5) is 0. The van der Waals surface area contributed by atoms with Crippen LogP contribution in [-0.4, -0.2) is 30.0 Å². The Morgan fingerprint density at radius 2 is 1.95 bits per heavy atom. The minimum Gasteiger partial charge on any atom is -0.388 e. The first-order valence-corrected chi connectivity index (χ1v) is 7.02. The Morgan fingerprint density at radius 3 is 2.57 bits per heavy atom. The lowest BCUT2D eigenvalue weighted by molar-refractivity contribution is 0.918. The summed E-state index contributed by atoms with van der Waals surface area (Å²) in [5.41, 5.74) is 2.69. The fourth-order valence-electron chi connectivity index (χ4n) is 1.85. The second-order valence-corrected chi connectivity index (χ2v) is 5.19. The van der Waals surface area contributed by atoms with E-state index in [1.54, 1.807) is 24.2 Å². The number of halogens is 2. The summed E-state index contributed by atoms with van der Waals surface area (Å²) in [7, 11) is 3.65. The number of benzene rings is 1. The van der Waals surface area contributed by atoms with Gasteiger partial charge < -0.3 is 5.32 Å². The lowest BCUT2D eigenvalue weighted by Gasteiger charge is -2.14. The summed E-state index contributed by atoms with van der Waals surface area (Å²) in [6.45, 7) is 1.91. The third-order valence-electron chi connectivity index (χ3n) is 2.89. The average Bonchev–Trinajstić information content (AvgIpc) is 2.47. The Kier molecular flexibility index (Phi) is 4.98. The van der Waals surface area contributed by atoms with Crippen LogP contribution in [0.15, 0.2) is 35.4 Å². The molecule has 21 heavy (non-hydrogen) atoms. The number of hydrazone groups is 1.